The fraction of sp³-hybridized carbons (Fsp3) is 0.483. The molecular formula is C29H35N3O5. The maximum absolute atomic E-state index is 13.6. The zero-order chi connectivity index (χ0) is 27.7. The zero-order valence-corrected chi connectivity index (χ0v) is 22.6. The highest BCUT2D eigenvalue weighted by Crippen LogP contribution is 2.43. The second kappa shape index (κ2) is 8.96. The highest BCUT2D eigenvalue weighted by atomic mass is 16.6. The lowest BCUT2D eigenvalue weighted by Crippen LogP contribution is -2.45. The van der Waals surface area contributed by atoms with Gasteiger partial charge < -0.3 is 19.1 Å². The minimum atomic E-state index is -1.88. The third-order valence-electron chi connectivity index (χ3n) is 7.76. The Morgan fingerprint density at radius 3 is 2.68 bits per heavy atom. The predicted octanol–water partition coefficient (Wildman–Crippen LogP) is 4.05. The monoisotopic (exact) mass is 506 g/mol. The van der Waals surface area contributed by atoms with Gasteiger partial charge in [0, 0.05) is 28.1 Å². The molecule has 2 aliphatic rings. The first kappa shape index (κ1) is 24.1. The van der Waals surface area contributed by atoms with E-state index in [0.29, 0.717) is 46.9 Å². The smallest absolute Gasteiger partial charge is 0.343 e. The Morgan fingerprint density at radius 1 is 1.30 bits per heavy atom. The van der Waals surface area contributed by atoms with Gasteiger partial charge >= 0.3 is 5.97 Å². The van der Waals surface area contributed by atoms with Crippen molar-refractivity contribution in [1.82, 2.24) is 14.5 Å². The van der Waals surface area contributed by atoms with Gasteiger partial charge in [-0.05, 0) is 63.5 Å². The van der Waals surface area contributed by atoms with Gasteiger partial charge in [0.2, 0.25) is 0 Å². The van der Waals surface area contributed by atoms with Crippen LogP contribution in [-0.2, 0) is 28.3 Å². The fourth-order valence-corrected chi connectivity index (χ4v) is 5.73. The van der Waals surface area contributed by atoms with E-state index in [1.165, 1.54) is 0 Å². The summed E-state index contributed by atoms with van der Waals surface area (Å²) in [6.45, 7) is 10.4. The molecule has 1 unspecified atom stereocenters. The van der Waals surface area contributed by atoms with Crippen LogP contribution < -0.4 is 10.3 Å². The summed E-state index contributed by atoms with van der Waals surface area (Å²) in [5, 5.41) is 12.2. The molecule has 0 fully saturated rings. The number of hydrogen-bond acceptors (Lipinski definition) is 7. The van der Waals surface area contributed by atoms with Crippen molar-refractivity contribution in [2.24, 2.45) is 5.92 Å². The number of rotatable bonds is 6. The first-order chi connectivity index (χ1) is 17.8. The number of aryl methyl sites for hydroxylation is 1. The number of cyclic esters (lactones) is 1. The molecule has 0 amide bonds. The molecule has 2 aliphatic heterocycles. The second-order valence-corrected chi connectivity index (χ2v) is 10.6. The molecule has 8 nitrogen and oxygen atoms in total. The van der Waals surface area contributed by atoms with Crippen LogP contribution in [0.2, 0.25) is 0 Å². The van der Waals surface area contributed by atoms with Gasteiger partial charge in [-0.25, -0.2) is 9.78 Å². The van der Waals surface area contributed by atoms with Gasteiger partial charge in [0.05, 0.1) is 37.5 Å². The van der Waals surface area contributed by atoms with Crippen molar-refractivity contribution >= 4 is 16.9 Å². The molecule has 4 heterocycles. The third-order valence-corrected chi connectivity index (χ3v) is 7.76. The van der Waals surface area contributed by atoms with Gasteiger partial charge in [-0.15, -0.1) is 0 Å². The largest absolute Gasteiger partial charge is 0.496 e. The van der Waals surface area contributed by atoms with Crippen LogP contribution in [0.15, 0.2) is 23.0 Å². The number of aromatic nitrogens is 2. The van der Waals surface area contributed by atoms with Crippen molar-refractivity contribution in [2.75, 3.05) is 20.7 Å². The zero-order valence-electron chi connectivity index (χ0n) is 23.6. The van der Waals surface area contributed by atoms with Gasteiger partial charge in [-0.3, -0.25) is 9.69 Å². The van der Waals surface area contributed by atoms with Gasteiger partial charge in [-0.1, -0.05) is 20.8 Å². The van der Waals surface area contributed by atoms with Crippen molar-refractivity contribution in [2.45, 2.75) is 65.8 Å². The molecule has 0 bridgehead atoms. The second-order valence-electron chi connectivity index (χ2n) is 10.6. The highest BCUT2D eigenvalue weighted by Gasteiger charge is 2.47. The lowest BCUT2D eigenvalue weighted by atomic mass is 9.82. The lowest BCUT2D eigenvalue weighted by molar-refractivity contribution is -0.174. The van der Waals surface area contributed by atoms with Crippen LogP contribution in [0.1, 0.15) is 69.3 Å². The Bertz CT molecular complexity index is 1540. The maximum atomic E-state index is 13.6. The van der Waals surface area contributed by atoms with Crippen LogP contribution in [0.3, 0.4) is 0 Å². The summed E-state index contributed by atoms with van der Waals surface area (Å²) in [6.07, 6.45) is 0.148. The summed E-state index contributed by atoms with van der Waals surface area (Å²) in [5.41, 5.74) is 2.74. The van der Waals surface area contributed by atoms with E-state index in [1.807, 2.05) is 58.7 Å². The Kier molecular flexibility index (Phi) is 5.84. The van der Waals surface area contributed by atoms with Crippen LogP contribution >= 0.6 is 0 Å². The number of methoxy groups -OCH3 is 1. The molecule has 2 atom stereocenters. The van der Waals surface area contributed by atoms with E-state index in [4.69, 9.17) is 14.5 Å². The van der Waals surface area contributed by atoms with E-state index >= 15 is 0 Å². The number of esters is 1. The van der Waals surface area contributed by atoms with Crippen LogP contribution in [0.25, 0.3) is 22.3 Å². The number of benzene rings is 1. The van der Waals surface area contributed by atoms with E-state index < -0.39 is 17.6 Å². The van der Waals surface area contributed by atoms with Crippen molar-refractivity contribution in [3.8, 4) is 17.1 Å². The molecule has 5 rings (SSSR count). The Balaban J connectivity index is 1.77. The van der Waals surface area contributed by atoms with Crippen LogP contribution in [0.4, 0.5) is 0 Å². The highest BCUT2D eigenvalue weighted by molar-refractivity contribution is 5.90. The number of pyridine rings is 2. The molecule has 3 aromatic rings. The number of hydrogen-bond donors (Lipinski definition) is 1. The average Bonchev–Trinajstić information content (AvgIpc) is 3.21. The molecule has 0 saturated heterocycles. The van der Waals surface area contributed by atoms with Crippen LogP contribution in [0.5, 0.6) is 5.75 Å². The third kappa shape index (κ3) is 3.77. The minimum Gasteiger partial charge on any atom is -0.496 e. The first-order valence-corrected chi connectivity index (χ1v) is 12.7. The molecule has 1 aromatic carbocycles. The quantitative estimate of drug-likeness (QED) is 0.395. The average molecular weight is 507 g/mol. The van der Waals surface area contributed by atoms with Crippen molar-refractivity contribution < 1.29 is 20.7 Å². The van der Waals surface area contributed by atoms with E-state index in [1.54, 1.807) is 17.7 Å². The number of fused-ring (bicyclic) bond motifs is 5. The van der Waals surface area contributed by atoms with Gasteiger partial charge in [-0.2, -0.15) is 0 Å². The van der Waals surface area contributed by atoms with Gasteiger partial charge in [0.1, 0.15) is 12.4 Å². The maximum Gasteiger partial charge on any atom is 0.343 e. The molecule has 2 aromatic heterocycles. The standard InChI is InChI=1S/C29H35N3O5/c1-8-31(6)17(5)24-19-10-18-13-32-23(25(18)30-22(19)9-16(4)26(24)36-7)11-21-20(27(32)33)14-37-28(34)29(21,35)12-15(2)3/h9-11,15,17,35H,8,12-14H2,1-7H3/t17?,29-/m0/s1/i17D. The molecule has 0 spiro atoms. The number of ether oxygens (including phenoxy) is 2. The summed E-state index contributed by atoms with van der Waals surface area (Å²) in [4.78, 5) is 33.3. The fourth-order valence-electron chi connectivity index (χ4n) is 5.73. The SMILES string of the molecule is [2H]C(C)(c1c(OC)c(C)cc2nc3c(cc12)Cn1c-3cc2c(c1=O)COC(=O)[C@]2(O)CC(C)C)N(C)CC. The molecule has 37 heavy (non-hydrogen) atoms. The summed E-state index contributed by atoms with van der Waals surface area (Å²) >= 11 is 0. The van der Waals surface area contributed by atoms with E-state index in [2.05, 4.69) is 0 Å². The molecule has 0 saturated carbocycles. The molecule has 0 radical (unpaired) electrons. The molecule has 8 heteroatoms. The lowest BCUT2D eigenvalue weighted by Gasteiger charge is -2.33. The summed E-state index contributed by atoms with van der Waals surface area (Å²) in [5.74, 6) is -0.0786. The van der Waals surface area contributed by atoms with Crippen LogP contribution in [-0.4, -0.2) is 46.2 Å². The summed E-state index contributed by atoms with van der Waals surface area (Å²) in [7, 11) is 3.52. The number of nitrogens with zero attached hydrogens (tertiary/aromatic N) is 3. The molecule has 196 valence electrons. The summed E-state index contributed by atoms with van der Waals surface area (Å²) < 4.78 is 22.0. The first-order valence-electron chi connectivity index (χ1n) is 13.2. The Morgan fingerprint density at radius 2 is 2.03 bits per heavy atom. The van der Waals surface area contributed by atoms with Crippen molar-refractivity contribution in [3.63, 3.8) is 0 Å². The van der Waals surface area contributed by atoms with Gasteiger partial charge in [0.15, 0.2) is 5.60 Å². The minimum absolute atomic E-state index is 0.000626. The van der Waals surface area contributed by atoms with Crippen LogP contribution in [0, 0.1) is 12.8 Å². The number of aliphatic hydroxyl groups is 1. The summed E-state index contributed by atoms with van der Waals surface area (Å²) in [6, 6.07) is 4.58. The van der Waals surface area contributed by atoms with E-state index in [-0.39, 0.29) is 24.5 Å². The Hall–Kier alpha value is -3.23. The number of carbonyl (C=O) groups is 1. The van der Waals surface area contributed by atoms with E-state index in [9.17, 15) is 16.1 Å². The molecular weight excluding hydrogens is 470 g/mol. The van der Waals surface area contributed by atoms with E-state index in [0.717, 1.165) is 22.1 Å². The number of carbonyl (C=O) groups excluding carboxylic acids is 1. The van der Waals surface area contributed by atoms with Gasteiger partial charge in [0.25, 0.3) is 5.56 Å². The van der Waals surface area contributed by atoms with Crippen molar-refractivity contribution in [3.05, 3.63) is 56.4 Å². The predicted molar refractivity (Wildman–Crippen MR) is 142 cm³/mol. The molecule has 1 N–H and O–H groups in total. The Labute approximate surface area is 218 Å². The molecule has 0 aliphatic carbocycles. The normalized spacial score (nSPS) is 20.4. The van der Waals surface area contributed by atoms with Crippen molar-refractivity contribution in [1.29, 1.82) is 0 Å². The topological polar surface area (TPSA) is 93.9 Å².